The van der Waals surface area contributed by atoms with Gasteiger partial charge in [-0.05, 0) is 58.3 Å². The Balaban J connectivity index is 1.41. The number of nitrogens with one attached hydrogen (secondary N) is 1. The van der Waals surface area contributed by atoms with Gasteiger partial charge >= 0.3 is 0 Å². The van der Waals surface area contributed by atoms with Gasteiger partial charge < -0.3 is 15.1 Å². The predicted octanol–water partition coefficient (Wildman–Crippen LogP) is 1.61. The van der Waals surface area contributed by atoms with Crippen LogP contribution in [0.4, 0.5) is 0 Å². The fourth-order valence-corrected chi connectivity index (χ4v) is 4.52. The summed E-state index contributed by atoms with van der Waals surface area (Å²) in [6, 6.07) is 10.8. The van der Waals surface area contributed by atoms with Crippen LogP contribution in [0.15, 0.2) is 30.3 Å². The van der Waals surface area contributed by atoms with E-state index in [1.807, 2.05) is 42.1 Å². The number of likely N-dealkylation sites (tertiary alicyclic amines) is 2. The van der Waals surface area contributed by atoms with E-state index >= 15 is 0 Å². The highest BCUT2D eigenvalue weighted by Crippen LogP contribution is 2.24. The van der Waals surface area contributed by atoms with E-state index in [4.69, 9.17) is 0 Å². The first kappa shape index (κ1) is 21.8. The van der Waals surface area contributed by atoms with E-state index < -0.39 is 0 Å². The van der Waals surface area contributed by atoms with Crippen LogP contribution in [0.2, 0.25) is 0 Å². The Morgan fingerprint density at radius 2 is 1.79 bits per heavy atom. The van der Waals surface area contributed by atoms with Crippen LogP contribution in [0.1, 0.15) is 31.2 Å². The summed E-state index contributed by atoms with van der Waals surface area (Å²) < 4.78 is 0. The summed E-state index contributed by atoms with van der Waals surface area (Å²) in [5, 5.41) is 3.14. The van der Waals surface area contributed by atoms with Gasteiger partial charge in [0.05, 0.1) is 12.5 Å². The molecule has 2 saturated heterocycles. The number of amides is 2. The molecule has 6 heteroatoms. The number of likely N-dealkylation sites (N-methyl/N-ethyl adjacent to an activating group) is 1. The average Bonchev–Trinajstić information content (AvgIpc) is 2.74. The van der Waals surface area contributed by atoms with Crippen LogP contribution in [0.3, 0.4) is 0 Å². The molecule has 0 unspecified atom stereocenters. The quantitative estimate of drug-likeness (QED) is 0.756. The van der Waals surface area contributed by atoms with E-state index in [1.54, 1.807) is 0 Å². The molecule has 2 fully saturated rings. The molecule has 0 radical (unpaired) electrons. The molecule has 6 nitrogen and oxygen atoms in total. The van der Waals surface area contributed by atoms with Crippen LogP contribution in [-0.2, 0) is 16.0 Å². The molecule has 0 bridgehead atoms. The van der Waals surface area contributed by atoms with Gasteiger partial charge in [0.25, 0.3) is 0 Å². The monoisotopic (exact) mass is 400 g/mol. The molecule has 2 aliphatic rings. The predicted molar refractivity (Wildman–Crippen MR) is 116 cm³/mol. The van der Waals surface area contributed by atoms with Gasteiger partial charge in [-0.25, -0.2) is 0 Å². The minimum Gasteiger partial charge on any atom is -0.355 e. The third-order valence-electron chi connectivity index (χ3n) is 6.16. The number of piperidine rings is 2. The average molecular weight is 401 g/mol. The molecule has 29 heavy (non-hydrogen) atoms. The Morgan fingerprint density at radius 3 is 2.48 bits per heavy atom. The van der Waals surface area contributed by atoms with Crippen molar-refractivity contribution in [3.63, 3.8) is 0 Å². The third-order valence-corrected chi connectivity index (χ3v) is 6.16. The number of carbonyl (C=O) groups excluding carboxylic acids is 2. The van der Waals surface area contributed by atoms with E-state index in [0.29, 0.717) is 19.1 Å². The van der Waals surface area contributed by atoms with Crippen molar-refractivity contribution in [3.05, 3.63) is 35.9 Å². The molecule has 1 N–H and O–H groups in total. The lowest BCUT2D eigenvalue weighted by molar-refractivity contribution is -0.133. The smallest absolute Gasteiger partial charge is 0.236 e. The van der Waals surface area contributed by atoms with Gasteiger partial charge in [0, 0.05) is 32.2 Å². The molecular weight excluding hydrogens is 364 g/mol. The molecular formula is C23H36N4O2. The largest absolute Gasteiger partial charge is 0.355 e. The topological polar surface area (TPSA) is 55.9 Å². The highest BCUT2D eigenvalue weighted by Gasteiger charge is 2.32. The lowest BCUT2D eigenvalue weighted by Gasteiger charge is -2.42. The van der Waals surface area contributed by atoms with Crippen LogP contribution in [0.5, 0.6) is 0 Å². The van der Waals surface area contributed by atoms with Crippen molar-refractivity contribution < 1.29 is 9.59 Å². The summed E-state index contributed by atoms with van der Waals surface area (Å²) in [7, 11) is 3.87. The van der Waals surface area contributed by atoms with Crippen molar-refractivity contribution in [3.8, 4) is 0 Å². The second-order valence-electron chi connectivity index (χ2n) is 8.71. The number of hydrogen-bond acceptors (Lipinski definition) is 4. The maximum Gasteiger partial charge on any atom is 0.236 e. The van der Waals surface area contributed by atoms with Crippen LogP contribution in [0, 0.1) is 5.92 Å². The number of hydrogen-bond donors (Lipinski definition) is 1. The normalized spacial score (nSPS) is 21.3. The zero-order valence-corrected chi connectivity index (χ0v) is 18.0. The van der Waals surface area contributed by atoms with E-state index in [2.05, 4.69) is 22.3 Å². The number of rotatable bonds is 7. The van der Waals surface area contributed by atoms with Crippen molar-refractivity contribution in [2.75, 3.05) is 53.4 Å². The van der Waals surface area contributed by atoms with Crippen LogP contribution in [-0.4, -0.2) is 85.9 Å². The summed E-state index contributed by atoms with van der Waals surface area (Å²) >= 11 is 0. The number of benzene rings is 1. The minimum absolute atomic E-state index is 0.0907. The Bertz CT molecular complexity index is 656. The summed E-state index contributed by atoms with van der Waals surface area (Å²) in [5.74, 6) is 0.514. The Hall–Kier alpha value is -1.92. The summed E-state index contributed by atoms with van der Waals surface area (Å²) in [4.78, 5) is 31.3. The second-order valence-corrected chi connectivity index (χ2v) is 8.71. The Kier molecular flexibility index (Phi) is 8.07. The van der Waals surface area contributed by atoms with Gasteiger partial charge in [0.1, 0.15) is 0 Å². The van der Waals surface area contributed by atoms with Crippen molar-refractivity contribution in [1.82, 2.24) is 20.0 Å². The molecule has 0 saturated carbocycles. The summed E-state index contributed by atoms with van der Waals surface area (Å²) in [5.41, 5.74) is 1.26. The van der Waals surface area contributed by atoms with Gasteiger partial charge in [-0.2, -0.15) is 0 Å². The van der Waals surface area contributed by atoms with Gasteiger partial charge in [-0.1, -0.05) is 30.3 Å². The van der Waals surface area contributed by atoms with Gasteiger partial charge in [-0.3, -0.25) is 14.5 Å². The molecule has 2 heterocycles. The molecule has 0 aliphatic carbocycles. The second kappa shape index (κ2) is 10.7. The molecule has 0 spiro atoms. The van der Waals surface area contributed by atoms with Crippen LogP contribution < -0.4 is 5.32 Å². The Labute approximate surface area is 175 Å². The fourth-order valence-electron chi connectivity index (χ4n) is 4.52. The van der Waals surface area contributed by atoms with Gasteiger partial charge in [-0.15, -0.1) is 0 Å². The zero-order chi connectivity index (χ0) is 20.6. The molecule has 0 aromatic heterocycles. The maximum atomic E-state index is 12.7. The van der Waals surface area contributed by atoms with E-state index in [0.717, 1.165) is 58.3 Å². The van der Waals surface area contributed by atoms with E-state index in [9.17, 15) is 9.59 Å². The first-order valence-corrected chi connectivity index (χ1v) is 11.0. The first-order valence-electron chi connectivity index (χ1n) is 11.0. The minimum atomic E-state index is 0.0907. The van der Waals surface area contributed by atoms with Crippen LogP contribution in [0.25, 0.3) is 0 Å². The zero-order valence-electron chi connectivity index (χ0n) is 18.0. The van der Waals surface area contributed by atoms with Gasteiger partial charge in [0.2, 0.25) is 11.8 Å². The van der Waals surface area contributed by atoms with Gasteiger partial charge in [0.15, 0.2) is 0 Å². The summed E-state index contributed by atoms with van der Waals surface area (Å²) in [6.07, 6.45) is 4.97. The number of nitrogens with zero attached hydrogens (tertiary/aromatic N) is 3. The van der Waals surface area contributed by atoms with E-state index in [1.165, 1.54) is 5.56 Å². The van der Waals surface area contributed by atoms with Crippen molar-refractivity contribution in [1.29, 1.82) is 0 Å². The first-order chi connectivity index (χ1) is 14.0. The maximum absolute atomic E-state index is 12.7. The van der Waals surface area contributed by atoms with E-state index in [-0.39, 0.29) is 17.7 Å². The van der Waals surface area contributed by atoms with Crippen LogP contribution >= 0.6 is 0 Å². The third kappa shape index (κ3) is 6.54. The highest BCUT2D eigenvalue weighted by atomic mass is 16.2. The number of carbonyl (C=O) groups is 2. The molecule has 2 aliphatic heterocycles. The lowest BCUT2D eigenvalue weighted by atomic mass is 9.93. The van der Waals surface area contributed by atoms with Crippen molar-refractivity contribution in [2.24, 2.45) is 5.92 Å². The fraction of sp³-hybridized carbons (Fsp3) is 0.652. The summed E-state index contributed by atoms with van der Waals surface area (Å²) in [6.45, 7) is 4.78. The van der Waals surface area contributed by atoms with Crippen molar-refractivity contribution in [2.45, 2.75) is 38.1 Å². The molecule has 3 rings (SSSR count). The highest BCUT2D eigenvalue weighted by molar-refractivity contribution is 5.79. The molecule has 1 aromatic rings. The SMILES string of the molecule is CN(C)CC(=O)N1CCC(N2CCC[C@H](C(=O)NCCc3ccccc3)C2)CC1. The standard InChI is InChI=1S/C23H36N4O2/c1-25(2)18-22(28)26-15-11-21(12-16-26)27-14-6-9-20(17-27)23(29)24-13-10-19-7-4-3-5-8-19/h3-5,7-8,20-21H,6,9-18H2,1-2H3,(H,24,29)/t20-/m0/s1. The molecule has 160 valence electrons. The van der Waals surface area contributed by atoms with Crippen molar-refractivity contribution >= 4 is 11.8 Å². The molecule has 1 aromatic carbocycles. The Morgan fingerprint density at radius 1 is 1.07 bits per heavy atom. The lowest BCUT2D eigenvalue weighted by Crippen LogP contribution is -2.52. The molecule has 1 atom stereocenters. The molecule has 2 amide bonds.